The fraction of sp³-hybridized carbons (Fsp3) is 0.391. The van der Waals surface area contributed by atoms with Crippen LogP contribution in [0.2, 0.25) is 0 Å². The number of aromatic nitrogens is 2. The van der Waals surface area contributed by atoms with E-state index in [1.165, 1.54) is 18.9 Å². The van der Waals surface area contributed by atoms with E-state index in [4.69, 9.17) is 0 Å². The van der Waals surface area contributed by atoms with Crippen LogP contribution in [-0.2, 0) is 11.2 Å². The van der Waals surface area contributed by atoms with Gasteiger partial charge in [0.2, 0.25) is 5.91 Å². The van der Waals surface area contributed by atoms with Crippen molar-refractivity contribution in [2.24, 2.45) is 5.92 Å². The number of hydrogen-bond donors (Lipinski definition) is 3. The Kier molecular flexibility index (Phi) is 4.79. The highest BCUT2D eigenvalue weighted by molar-refractivity contribution is 5.93. The minimum atomic E-state index is -0.229. The van der Waals surface area contributed by atoms with Gasteiger partial charge in [-0.05, 0) is 61.4 Å². The maximum absolute atomic E-state index is 13.9. The second-order valence-corrected chi connectivity index (χ2v) is 8.41. The van der Waals surface area contributed by atoms with Crippen molar-refractivity contribution in [1.29, 1.82) is 0 Å². The van der Waals surface area contributed by atoms with E-state index in [9.17, 15) is 9.18 Å². The fourth-order valence-corrected chi connectivity index (χ4v) is 4.86. The van der Waals surface area contributed by atoms with Crippen molar-refractivity contribution < 1.29 is 9.18 Å². The second kappa shape index (κ2) is 7.59. The minimum Gasteiger partial charge on any atom is -0.342 e. The zero-order valence-electron chi connectivity index (χ0n) is 16.2. The zero-order valence-corrected chi connectivity index (χ0v) is 16.2. The number of carbonyl (C=O) groups is 1. The molecule has 1 aromatic heterocycles. The summed E-state index contributed by atoms with van der Waals surface area (Å²) < 4.78 is 13.9. The van der Waals surface area contributed by atoms with Gasteiger partial charge in [-0.3, -0.25) is 4.79 Å². The molecule has 2 aromatic carbocycles. The van der Waals surface area contributed by atoms with Gasteiger partial charge in [0.1, 0.15) is 11.6 Å². The number of nitrogens with zero attached hydrogens (tertiary/aromatic N) is 1. The summed E-state index contributed by atoms with van der Waals surface area (Å²) >= 11 is 0. The first kappa shape index (κ1) is 18.3. The molecule has 2 aliphatic heterocycles. The van der Waals surface area contributed by atoms with Crippen molar-refractivity contribution in [3.63, 3.8) is 0 Å². The van der Waals surface area contributed by atoms with Crippen molar-refractivity contribution in [2.75, 3.05) is 5.32 Å². The highest BCUT2D eigenvalue weighted by Gasteiger charge is 2.34. The molecule has 2 bridgehead atoms. The quantitative estimate of drug-likeness (QED) is 0.611. The van der Waals surface area contributed by atoms with Crippen LogP contribution in [0.15, 0.2) is 42.5 Å². The Hall–Kier alpha value is -2.73. The topological polar surface area (TPSA) is 69.8 Å². The van der Waals surface area contributed by atoms with Crippen LogP contribution in [0.3, 0.4) is 0 Å². The standard InChI is InChI=1S/C23H25FN4O/c24-19-4-2-1-3-15(19)12-22-27-20-8-7-18(13-21(20)28-22)26-23(29)11-14-9-16-5-6-17(10-14)25-16/h1-4,7-8,13-14,16-17,25H,5-6,9-12H2,(H,26,29)(H,27,28). The van der Waals surface area contributed by atoms with Crippen LogP contribution in [0.1, 0.15) is 43.5 Å². The largest absolute Gasteiger partial charge is 0.342 e. The minimum absolute atomic E-state index is 0.0711. The number of fused-ring (bicyclic) bond motifs is 3. The van der Waals surface area contributed by atoms with Gasteiger partial charge >= 0.3 is 0 Å². The number of rotatable bonds is 5. The lowest BCUT2D eigenvalue weighted by molar-refractivity contribution is -0.117. The molecule has 3 aromatic rings. The first-order valence-corrected chi connectivity index (χ1v) is 10.4. The van der Waals surface area contributed by atoms with Crippen LogP contribution in [0, 0.1) is 11.7 Å². The van der Waals surface area contributed by atoms with Gasteiger partial charge in [-0.25, -0.2) is 9.37 Å². The highest BCUT2D eigenvalue weighted by Crippen LogP contribution is 2.33. The molecule has 0 saturated carbocycles. The average Bonchev–Trinajstić information content (AvgIpc) is 3.25. The molecule has 150 valence electrons. The Morgan fingerprint density at radius 2 is 1.93 bits per heavy atom. The molecule has 29 heavy (non-hydrogen) atoms. The Morgan fingerprint density at radius 3 is 2.72 bits per heavy atom. The van der Waals surface area contributed by atoms with Crippen molar-refractivity contribution in [2.45, 2.75) is 50.6 Å². The van der Waals surface area contributed by atoms with E-state index in [0.29, 0.717) is 42.2 Å². The molecule has 0 aliphatic carbocycles. The van der Waals surface area contributed by atoms with E-state index < -0.39 is 0 Å². The number of piperidine rings is 1. The van der Waals surface area contributed by atoms with Gasteiger partial charge in [0, 0.05) is 30.6 Å². The molecule has 6 heteroatoms. The summed E-state index contributed by atoms with van der Waals surface area (Å²) in [4.78, 5) is 20.3. The van der Waals surface area contributed by atoms with Gasteiger partial charge in [0.15, 0.2) is 0 Å². The first-order valence-electron chi connectivity index (χ1n) is 10.4. The zero-order chi connectivity index (χ0) is 19.8. The number of amides is 1. The third kappa shape index (κ3) is 4.03. The van der Waals surface area contributed by atoms with Gasteiger partial charge < -0.3 is 15.6 Å². The first-order chi connectivity index (χ1) is 14.1. The van der Waals surface area contributed by atoms with Crippen molar-refractivity contribution in [3.8, 4) is 0 Å². The van der Waals surface area contributed by atoms with Gasteiger partial charge in [0.25, 0.3) is 0 Å². The Bertz CT molecular complexity index is 1030. The van der Waals surface area contributed by atoms with Gasteiger partial charge in [-0.2, -0.15) is 0 Å². The number of aromatic amines is 1. The highest BCUT2D eigenvalue weighted by atomic mass is 19.1. The molecule has 2 fully saturated rings. The van der Waals surface area contributed by atoms with Gasteiger partial charge in [-0.1, -0.05) is 18.2 Å². The molecule has 0 spiro atoms. The smallest absolute Gasteiger partial charge is 0.224 e. The molecule has 2 aliphatic rings. The number of benzene rings is 2. The number of imidazole rings is 1. The normalized spacial score (nSPS) is 23.4. The molecular weight excluding hydrogens is 367 g/mol. The van der Waals surface area contributed by atoms with Crippen molar-refractivity contribution in [1.82, 2.24) is 15.3 Å². The molecule has 2 unspecified atom stereocenters. The molecule has 2 saturated heterocycles. The predicted octanol–water partition coefficient (Wildman–Crippen LogP) is 4.15. The summed E-state index contributed by atoms with van der Waals surface area (Å²) in [5, 5.41) is 6.65. The Balaban J connectivity index is 1.25. The molecule has 5 nitrogen and oxygen atoms in total. The van der Waals surface area contributed by atoms with Crippen LogP contribution in [-0.4, -0.2) is 28.0 Å². The molecule has 3 heterocycles. The molecule has 2 atom stereocenters. The van der Waals surface area contributed by atoms with Crippen molar-refractivity contribution >= 4 is 22.6 Å². The third-order valence-electron chi connectivity index (χ3n) is 6.18. The summed E-state index contributed by atoms with van der Waals surface area (Å²) in [6.07, 6.45) is 5.67. The van der Waals surface area contributed by atoms with E-state index >= 15 is 0 Å². The second-order valence-electron chi connectivity index (χ2n) is 8.41. The van der Waals surface area contributed by atoms with Gasteiger partial charge in [0.05, 0.1) is 11.0 Å². The monoisotopic (exact) mass is 392 g/mol. The SMILES string of the molecule is O=C(CC1CC2CCC(C1)N2)Nc1ccc2nc(Cc3ccccc3F)[nH]c2c1. The number of H-pyrrole nitrogens is 1. The number of nitrogens with one attached hydrogen (secondary N) is 3. The van der Waals surface area contributed by atoms with E-state index in [0.717, 1.165) is 29.6 Å². The molecule has 0 radical (unpaired) electrons. The van der Waals surface area contributed by atoms with E-state index in [-0.39, 0.29) is 11.7 Å². The van der Waals surface area contributed by atoms with E-state index in [1.54, 1.807) is 12.1 Å². The van der Waals surface area contributed by atoms with Crippen LogP contribution in [0.5, 0.6) is 0 Å². The third-order valence-corrected chi connectivity index (χ3v) is 6.18. The van der Waals surface area contributed by atoms with Crippen LogP contribution >= 0.6 is 0 Å². The lowest BCUT2D eigenvalue weighted by Crippen LogP contribution is -2.39. The fourth-order valence-electron chi connectivity index (χ4n) is 4.86. The molecule has 1 amide bonds. The van der Waals surface area contributed by atoms with E-state index in [2.05, 4.69) is 20.6 Å². The Morgan fingerprint density at radius 1 is 1.14 bits per heavy atom. The summed E-state index contributed by atoms with van der Waals surface area (Å²) in [5.41, 5.74) is 3.02. The van der Waals surface area contributed by atoms with Crippen LogP contribution in [0.4, 0.5) is 10.1 Å². The molecule has 3 N–H and O–H groups in total. The van der Waals surface area contributed by atoms with Crippen LogP contribution in [0.25, 0.3) is 11.0 Å². The molecular formula is C23H25FN4O. The molecule has 5 rings (SSSR count). The summed E-state index contributed by atoms with van der Waals surface area (Å²) in [5.74, 6) is 1.02. The van der Waals surface area contributed by atoms with E-state index in [1.807, 2.05) is 24.3 Å². The number of anilines is 1. The van der Waals surface area contributed by atoms with Crippen molar-refractivity contribution in [3.05, 3.63) is 59.7 Å². The lowest BCUT2D eigenvalue weighted by Gasteiger charge is -2.28. The summed E-state index contributed by atoms with van der Waals surface area (Å²) in [6, 6.07) is 13.6. The predicted molar refractivity (Wildman–Crippen MR) is 111 cm³/mol. The average molecular weight is 392 g/mol. The summed E-state index contributed by atoms with van der Waals surface area (Å²) in [7, 11) is 0. The number of carbonyl (C=O) groups excluding carboxylic acids is 1. The van der Waals surface area contributed by atoms with Crippen LogP contribution < -0.4 is 10.6 Å². The maximum atomic E-state index is 13.9. The number of hydrogen-bond acceptors (Lipinski definition) is 3. The van der Waals surface area contributed by atoms with Gasteiger partial charge in [-0.15, -0.1) is 0 Å². The lowest BCUT2D eigenvalue weighted by atomic mass is 9.89. The summed E-state index contributed by atoms with van der Waals surface area (Å²) in [6.45, 7) is 0. The maximum Gasteiger partial charge on any atom is 0.224 e. The number of halogens is 1. The Labute approximate surface area is 169 Å².